The Hall–Kier alpha value is -3.03. The van der Waals surface area contributed by atoms with Gasteiger partial charge in [0.05, 0.1) is 18.2 Å². The van der Waals surface area contributed by atoms with Crippen molar-refractivity contribution in [2.75, 3.05) is 25.0 Å². The van der Waals surface area contributed by atoms with E-state index in [0.29, 0.717) is 32.1 Å². The summed E-state index contributed by atoms with van der Waals surface area (Å²) in [5.41, 5.74) is 0.823. The predicted octanol–water partition coefficient (Wildman–Crippen LogP) is 0.448. The van der Waals surface area contributed by atoms with Gasteiger partial charge in [0.25, 0.3) is 0 Å². The first-order valence-electron chi connectivity index (χ1n) is 8.18. The van der Waals surface area contributed by atoms with Gasteiger partial charge in [-0.3, -0.25) is 14.6 Å². The standard InChI is InChI=1S/C17H20N6O2/c24-15-10-13(11-23(15)12-14-4-1-2-5-18-14)16(25)19-8-9-22-17-20-6-3-7-21-17/h1-7,13H,8-12H2,(H,19,25)(H,20,21,22)/t13-/m1/s1. The molecular formula is C17H20N6O2. The summed E-state index contributed by atoms with van der Waals surface area (Å²) in [4.78, 5) is 38.3. The summed E-state index contributed by atoms with van der Waals surface area (Å²) < 4.78 is 0. The molecule has 3 heterocycles. The molecule has 2 amide bonds. The molecule has 0 spiro atoms. The third kappa shape index (κ3) is 4.72. The Morgan fingerprint density at radius 2 is 1.92 bits per heavy atom. The number of nitrogens with one attached hydrogen (secondary N) is 2. The molecule has 3 rings (SSSR count). The third-order valence-corrected chi connectivity index (χ3v) is 3.94. The van der Waals surface area contributed by atoms with Crippen molar-refractivity contribution in [2.24, 2.45) is 5.92 Å². The molecule has 1 saturated heterocycles. The Morgan fingerprint density at radius 3 is 2.68 bits per heavy atom. The van der Waals surface area contributed by atoms with Gasteiger partial charge < -0.3 is 15.5 Å². The second-order valence-corrected chi connectivity index (χ2v) is 5.79. The predicted molar refractivity (Wildman–Crippen MR) is 91.3 cm³/mol. The number of carbonyl (C=O) groups is 2. The van der Waals surface area contributed by atoms with Crippen LogP contribution in [0.2, 0.25) is 0 Å². The summed E-state index contributed by atoms with van der Waals surface area (Å²) in [7, 11) is 0. The Balaban J connectivity index is 1.41. The van der Waals surface area contributed by atoms with E-state index < -0.39 is 0 Å². The van der Waals surface area contributed by atoms with Gasteiger partial charge in [-0.05, 0) is 18.2 Å². The van der Waals surface area contributed by atoms with Crippen LogP contribution in [0.25, 0.3) is 0 Å². The number of likely N-dealkylation sites (tertiary alicyclic amines) is 1. The quantitative estimate of drug-likeness (QED) is 0.710. The number of amides is 2. The van der Waals surface area contributed by atoms with Gasteiger partial charge in [0.2, 0.25) is 17.8 Å². The highest BCUT2D eigenvalue weighted by atomic mass is 16.2. The number of aromatic nitrogens is 3. The lowest BCUT2D eigenvalue weighted by molar-refractivity contribution is -0.129. The maximum absolute atomic E-state index is 12.2. The first kappa shape index (κ1) is 16.8. The minimum Gasteiger partial charge on any atom is -0.354 e. The van der Waals surface area contributed by atoms with E-state index in [9.17, 15) is 9.59 Å². The summed E-state index contributed by atoms with van der Waals surface area (Å²) in [5.74, 6) is 0.0905. The molecule has 1 atom stereocenters. The first-order chi connectivity index (χ1) is 12.2. The van der Waals surface area contributed by atoms with E-state index in [2.05, 4.69) is 25.6 Å². The minimum atomic E-state index is -0.316. The molecule has 1 fully saturated rings. The van der Waals surface area contributed by atoms with Crippen molar-refractivity contribution in [3.05, 3.63) is 48.5 Å². The largest absolute Gasteiger partial charge is 0.354 e. The number of rotatable bonds is 7. The molecule has 2 N–H and O–H groups in total. The smallest absolute Gasteiger partial charge is 0.225 e. The average Bonchev–Trinajstić information content (AvgIpc) is 3.01. The Labute approximate surface area is 145 Å². The fourth-order valence-corrected chi connectivity index (χ4v) is 2.68. The molecule has 25 heavy (non-hydrogen) atoms. The Morgan fingerprint density at radius 1 is 1.12 bits per heavy atom. The maximum Gasteiger partial charge on any atom is 0.225 e. The van der Waals surface area contributed by atoms with Gasteiger partial charge in [0.15, 0.2) is 0 Å². The number of hydrogen-bond donors (Lipinski definition) is 2. The molecule has 2 aromatic rings. The van der Waals surface area contributed by atoms with Crippen molar-refractivity contribution in [3.8, 4) is 0 Å². The van der Waals surface area contributed by atoms with Crippen molar-refractivity contribution in [1.29, 1.82) is 0 Å². The normalized spacial score (nSPS) is 16.7. The van der Waals surface area contributed by atoms with Crippen LogP contribution < -0.4 is 10.6 Å². The minimum absolute atomic E-state index is 0.0124. The van der Waals surface area contributed by atoms with E-state index in [-0.39, 0.29) is 24.2 Å². The van der Waals surface area contributed by atoms with Gasteiger partial charge >= 0.3 is 0 Å². The maximum atomic E-state index is 12.2. The molecule has 0 aliphatic carbocycles. The lowest BCUT2D eigenvalue weighted by Crippen LogP contribution is -2.35. The van der Waals surface area contributed by atoms with Crippen molar-refractivity contribution in [1.82, 2.24) is 25.2 Å². The molecule has 0 unspecified atom stereocenters. The van der Waals surface area contributed by atoms with E-state index in [1.807, 2.05) is 18.2 Å². The molecule has 2 aromatic heterocycles. The lowest BCUT2D eigenvalue weighted by atomic mass is 10.1. The highest BCUT2D eigenvalue weighted by Crippen LogP contribution is 2.19. The van der Waals surface area contributed by atoms with Gasteiger partial charge in [-0.1, -0.05) is 6.07 Å². The summed E-state index contributed by atoms with van der Waals surface area (Å²) in [6.45, 7) is 1.84. The number of nitrogens with zero attached hydrogens (tertiary/aromatic N) is 4. The molecule has 1 aliphatic heterocycles. The highest BCUT2D eigenvalue weighted by molar-refractivity contribution is 5.89. The summed E-state index contributed by atoms with van der Waals surface area (Å²) in [5, 5.41) is 5.87. The SMILES string of the molecule is O=C(NCCNc1ncccn1)[C@@H]1CC(=O)N(Cc2ccccn2)C1. The van der Waals surface area contributed by atoms with Crippen LogP contribution in [0.5, 0.6) is 0 Å². The zero-order chi connectivity index (χ0) is 17.5. The molecule has 0 bridgehead atoms. The van der Waals surface area contributed by atoms with Gasteiger partial charge in [-0.15, -0.1) is 0 Å². The third-order valence-electron chi connectivity index (χ3n) is 3.94. The topological polar surface area (TPSA) is 100 Å². The van der Waals surface area contributed by atoms with Crippen molar-refractivity contribution >= 4 is 17.8 Å². The van der Waals surface area contributed by atoms with Crippen LogP contribution in [0.4, 0.5) is 5.95 Å². The zero-order valence-electron chi connectivity index (χ0n) is 13.8. The van der Waals surface area contributed by atoms with Crippen LogP contribution in [0.3, 0.4) is 0 Å². The summed E-state index contributed by atoms with van der Waals surface area (Å²) in [6, 6.07) is 7.33. The fraction of sp³-hybridized carbons (Fsp3) is 0.353. The van der Waals surface area contributed by atoms with Crippen LogP contribution in [-0.2, 0) is 16.1 Å². The second kappa shape index (κ2) is 8.18. The van der Waals surface area contributed by atoms with E-state index >= 15 is 0 Å². The molecular weight excluding hydrogens is 320 g/mol. The fourth-order valence-electron chi connectivity index (χ4n) is 2.68. The Kier molecular flexibility index (Phi) is 5.50. The highest BCUT2D eigenvalue weighted by Gasteiger charge is 2.34. The summed E-state index contributed by atoms with van der Waals surface area (Å²) >= 11 is 0. The first-order valence-corrected chi connectivity index (χ1v) is 8.18. The molecule has 0 saturated carbocycles. The van der Waals surface area contributed by atoms with E-state index in [4.69, 9.17) is 0 Å². The van der Waals surface area contributed by atoms with Crippen molar-refractivity contribution in [3.63, 3.8) is 0 Å². The van der Waals surface area contributed by atoms with E-state index in [1.54, 1.807) is 29.6 Å². The van der Waals surface area contributed by atoms with Crippen LogP contribution >= 0.6 is 0 Å². The van der Waals surface area contributed by atoms with Gasteiger partial charge in [-0.25, -0.2) is 9.97 Å². The van der Waals surface area contributed by atoms with Gasteiger partial charge in [-0.2, -0.15) is 0 Å². The zero-order valence-corrected chi connectivity index (χ0v) is 13.8. The van der Waals surface area contributed by atoms with Crippen LogP contribution in [0.1, 0.15) is 12.1 Å². The van der Waals surface area contributed by atoms with E-state index in [0.717, 1.165) is 5.69 Å². The lowest BCUT2D eigenvalue weighted by Gasteiger charge is -2.16. The van der Waals surface area contributed by atoms with Crippen LogP contribution in [0.15, 0.2) is 42.9 Å². The Bertz CT molecular complexity index is 710. The average molecular weight is 340 g/mol. The number of anilines is 1. The van der Waals surface area contributed by atoms with Crippen molar-refractivity contribution < 1.29 is 9.59 Å². The molecule has 0 radical (unpaired) electrons. The monoisotopic (exact) mass is 340 g/mol. The molecule has 130 valence electrons. The summed E-state index contributed by atoms with van der Waals surface area (Å²) in [6.07, 6.45) is 5.24. The van der Waals surface area contributed by atoms with Crippen molar-refractivity contribution in [2.45, 2.75) is 13.0 Å². The van der Waals surface area contributed by atoms with Gasteiger partial charge in [0.1, 0.15) is 0 Å². The molecule has 1 aliphatic rings. The van der Waals surface area contributed by atoms with Crippen LogP contribution in [0, 0.1) is 5.92 Å². The molecule has 0 aromatic carbocycles. The van der Waals surface area contributed by atoms with Crippen LogP contribution in [-0.4, -0.2) is 51.3 Å². The number of carbonyl (C=O) groups excluding carboxylic acids is 2. The second-order valence-electron chi connectivity index (χ2n) is 5.79. The van der Waals surface area contributed by atoms with Gasteiger partial charge in [0, 0.05) is 44.6 Å². The number of pyridine rings is 1. The van der Waals surface area contributed by atoms with E-state index in [1.165, 1.54) is 0 Å². The number of hydrogen-bond acceptors (Lipinski definition) is 6. The molecule has 8 heteroatoms. The molecule has 8 nitrogen and oxygen atoms in total.